The van der Waals surface area contributed by atoms with Gasteiger partial charge in [0.05, 0.1) is 11.9 Å². The van der Waals surface area contributed by atoms with E-state index in [-0.39, 0.29) is 6.03 Å². The maximum absolute atomic E-state index is 11.9. The molecular formula is C17H20N6O. The summed E-state index contributed by atoms with van der Waals surface area (Å²) in [4.78, 5) is 29.3. The first-order valence-corrected chi connectivity index (χ1v) is 8.17. The van der Waals surface area contributed by atoms with Gasteiger partial charge < -0.3 is 5.32 Å². The Morgan fingerprint density at radius 2 is 2.17 bits per heavy atom. The topological polar surface area (TPSA) is 92.2 Å². The molecule has 1 aliphatic heterocycles. The highest BCUT2D eigenvalue weighted by molar-refractivity contribution is 6.02. The van der Waals surface area contributed by atoms with Crippen molar-refractivity contribution >= 4 is 28.7 Å². The number of urea groups is 1. The fourth-order valence-corrected chi connectivity index (χ4v) is 2.37. The number of anilines is 1. The molecule has 3 rings (SSSR count). The highest BCUT2D eigenvalue weighted by Crippen LogP contribution is 2.14. The summed E-state index contributed by atoms with van der Waals surface area (Å²) in [5.41, 5.74) is 2.75. The lowest BCUT2D eigenvalue weighted by atomic mass is 10.2. The molecule has 0 atom stereocenters. The number of hydrogen-bond donors (Lipinski definition) is 2. The maximum atomic E-state index is 11.9. The lowest BCUT2D eigenvalue weighted by molar-refractivity contribution is 0.252. The van der Waals surface area contributed by atoms with Gasteiger partial charge in [-0.15, -0.1) is 0 Å². The monoisotopic (exact) mass is 324 g/mol. The molecule has 3 heterocycles. The van der Waals surface area contributed by atoms with E-state index >= 15 is 0 Å². The highest BCUT2D eigenvalue weighted by Gasteiger charge is 2.10. The van der Waals surface area contributed by atoms with E-state index in [1.165, 1.54) is 0 Å². The predicted octanol–water partition coefficient (Wildman–Crippen LogP) is 3.04. The van der Waals surface area contributed by atoms with Crippen LogP contribution < -0.4 is 10.6 Å². The van der Waals surface area contributed by atoms with E-state index in [2.05, 4.69) is 37.5 Å². The minimum atomic E-state index is -0.258. The lowest BCUT2D eigenvalue weighted by Gasteiger charge is -2.07. The number of aliphatic imine (C=N–C) groups is 1. The Bertz CT molecular complexity index is 799. The summed E-state index contributed by atoms with van der Waals surface area (Å²) < 4.78 is 0. The van der Waals surface area contributed by atoms with Crippen LogP contribution >= 0.6 is 0 Å². The van der Waals surface area contributed by atoms with Crippen LogP contribution in [0.25, 0.3) is 11.2 Å². The van der Waals surface area contributed by atoms with E-state index in [1.807, 2.05) is 6.08 Å². The van der Waals surface area contributed by atoms with E-state index < -0.39 is 0 Å². The van der Waals surface area contributed by atoms with E-state index in [0.29, 0.717) is 29.2 Å². The summed E-state index contributed by atoms with van der Waals surface area (Å²) in [5.74, 6) is 0.452. The maximum Gasteiger partial charge on any atom is 0.320 e. The van der Waals surface area contributed by atoms with Crippen LogP contribution in [0, 0.1) is 0 Å². The number of fused-ring (bicyclic) bond motifs is 1. The van der Waals surface area contributed by atoms with Gasteiger partial charge in [0.25, 0.3) is 0 Å². The van der Waals surface area contributed by atoms with Crippen LogP contribution in [0.4, 0.5) is 10.6 Å². The number of carbonyl (C=O) groups is 1. The molecule has 0 spiro atoms. The smallest absolute Gasteiger partial charge is 0.320 e. The number of nitrogens with zero attached hydrogens (tertiary/aromatic N) is 4. The van der Waals surface area contributed by atoms with Gasteiger partial charge in [-0.25, -0.2) is 14.8 Å². The number of amides is 2. The van der Waals surface area contributed by atoms with Crippen molar-refractivity contribution in [3.05, 3.63) is 36.3 Å². The molecule has 124 valence electrons. The fourth-order valence-electron chi connectivity index (χ4n) is 2.37. The second kappa shape index (κ2) is 7.63. The van der Waals surface area contributed by atoms with Gasteiger partial charge in [-0.05, 0) is 18.6 Å². The summed E-state index contributed by atoms with van der Waals surface area (Å²) in [5, 5.41) is 5.55. The van der Waals surface area contributed by atoms with Crippen molar-refractivity contribution in [2.45, 2.75) is 32.6 Å². The summed E-state index contributed by atoms with van der Waals surface area (Å²) in [7, 11) is 0. The molecule has 0 unspecified atom stereocenters. The molecular weight excluding hydrogens is 304 g/mol. The normalized spacial score (nSPS) is 13.1. The van der Waals surface area contributed by atoms with Crippen LogP contribution in [0.3, 0.4) is 0 Å². The third kappa shape index (κ3) is 3.92. The molecule has 7 nitrogen and oxygen atoms in total. The van der Waals surface area contributed by atoms with Crippen molar-refractivity contribution in [2.75, 3.05) is 11.9 Å². The molecule has 2 aromatic rings. The fraction of sp³-hybridized carbons (Fsp3) is 0.353. The van der Waals surface area contributed by atoms with Crippen LogP contribution in [-0.4, -0.2) is 33.2 Å². The number of allylic oxidation sites excluding steroid dienone is 1. The van der Waals surface area contributed by atoms with Crippen molar-refractivity contribution in [3.8, 4) is 0 Å². The Kier molecular flexibility index (Phi) is 5.10. The van der Waals surface area contributed by atoms with Crippen LogP contribution in [0.5, 0.6) is 0 Å². The van der Waals surface area contributed by atoms with Gasteiger partial charge in [-0.1, -0.05) is 25.8 Å². The van der Waals surface area contributed by atoms with Crippen molar-refractivity contribution in [1.29, 1.82) is 0 Å². The van der Waals surface area contributed by atoms with E-state index in [0.717, 1.165) is 31.4 Å². The molecule has 0 aliphatic carbocycles. The molecule has 0 fully saturated rings. The molecule has 0 saturated heterocycles. The number of unbranched alkanes of at least 4 members (excludes halogenated alkanes) is 2. The third-order valence-corrected chi connectivity index (χ3v) is 3.66. The predicted molar refractivity (Wildman–Crippen MR) is 94.2 cm³/mol. The molecule has 24 heavy (non-hydrogen) atoms. The number of nitrogens with one attached hydrogen (secondary N) is 2. The largest absolute Gasteiger partial charge is 0.338 e. The summed E-state index contributed by atoms with van der Waals surface area (Å²) in [6.07, 6.45) is 9.37. The first-order chi connectivity index (χ1) is 11.8. The number of aromatic nitrogens is 3. The van der Waals surface area contributed by atoms with Gasteiger partial charge >= 0.3 is 6.03 Å². The Morgan fingerprint density at radius 1 is 1.25 bits per heavy atom. The van der Waals surface area contributed by atoms with Gasteiger partial charge in [-0.3, -0.25) is 15.3 Å². The molecule has 0 bridgehead atoms. The van der Waals surface area contributed by atoms with Crippen LogP contribution in [0.15, 0.2) is 35.6 Å². The molecule has 2 amide bonds. The Hall–Kier alpha value is -2.83. The molecule has 2 N–H and O–H groups in total. The van der Waals surface area contributed by atoms with Crippen molar-refractivity contribution < 1.29 is 4.79 Å². The Balaban J connectivity index is 1.69. The molecule has 1 aliphatic rings. The highest BCUT2D eigenvalue weighted by atomic mass is 16.2. The van der Waals surface area contributed by atoms with Crippen LogP contribution in [0.1, 0.15) is 38.3 Å². The number of pyridine rings is 1. The van der Waals surface area contributed by atoms with Crippen molar-refractivity contribution in [2.24, 2.45) is 4.99 Å². The Labute approximate surface area is 140 Å². The number of rotatable bonds is 6. The second-order valence-corrected chi connectivity index (χ2v) is 5.55. The SMILES string of the molecule is CCCCCNC(=O)Nc1ccc2ncc(C3=NC=CC3)nc2n1. The zero-order valence-electron chi connectivity index (χ0n) is 13.6. The van der Waals surface area contributed by atoms with Crippen LogP contribution in [0.2, 0.25) is 0 Å². The average Bonchev–Trinajstić information content (AvgIpc) is 3.13. The summed E-state index contributed by atoms with van der Waals surface area (Å²) in [6.45, 7) is 2.78. The first-order valence-electron chi connectivity index (χ1n) is 8.17. The summed E-state index contributed by atoms with van der Waals surface area (Å²) in [6, 6.07) is 3.25. The molecule has 2 aromatic heterocycles. The minimum absolute atomic E-state index is 0.258. The number of hydrogen-bond acceptors (Lipinski definition) is 5. The van der Waals surface area contributed by atoms with E-state index in [1.54, 1.807) is 24.5 Å². The van der Waals surface area contributed by atoms with Crippen molar-refractivity contribution in [3.63, 3.8) is 0 Å². The molecule has 0 saturated carbocycles. The van der Waals surface area contributed by atoms with E-state index in [9.17, 15) is 4.79 Å². The quantitative estimate of drug-likeness (QED) is 0.799. The van der Waals surface area contributed by atoms with Gasteiger partial charge in [0, 0.05) is 19.2 Å². The first kappa shape index (κ1) is 16.0. The minimum Gasteiger partial charge on any atom is -0.338 e. The zero-order chi connectivity index (χ0) is 16.8. The standard InChI is InChI=1S/C17H20N6O/c1-2-3-4-9-19-17(24)23-15-8-7-13-16(22-15)21-14(11-20-13)12-6-5-10-18-12/h5,7-8,10-11H,2-4,6,9H2,1H3,(H2,19,21,22,23,24). The van der Waals surface area contributed by atoms with Gasteiger partial charge in [0.2, 0.25) is 0 Å². The molecule has 0 aromatic carbocycles. The molecule has 7 heteroatoms. The van der Waals surface area contributed by atoms with Crippen LogP contribution in [-0.2, 0) is 0 Å². The van der Waals surface area contributed by atoms with Gasteiger partial charge in [-0.2, -0.15) is 0 Å². The second-order valence-electron chi connectivity index (χ2n) is 5.55. The average molecular weight is 324 g/mol. The van der Waals surface area contributed by atoms with Crippen molar-refractivity contribution in [1.82, 2.24) is 20.3 Å². The van der Waals surface area contributed by atoms with E-state index in [4.69, 9.17) is 0 Å². The van der Waals surface area contributed by atoms with Gasteiger partial charge in [0.1, 0.15) is 17.0 Å². The third-order valence-electron chi connectivity index (χ3n) is 3.66. The lowest BCUT2D eigenvalue weighted by Crippen LogP contribution is -2.29. The Morgan fingerprint density at radius 3 is 2.96 bits per heavy atom. The van der Waals surface area contributed by atoms with Gasteiger partial charge in [0.15, 0.2) is 5.65 Å². The summed E-state index contributed by atoms with van der Waals surface area (Å²) >= 11 is 0. The molecule has 0 radical (unpaired) electrons. The number of carbonyl (C=O) groups excluding carboxylic acids is 1. The zero-order valence-corrected chi connectivity index (χ0v) is 13.6.